The molecule has 3 heterocycles. The van der Waals surface area contributed by atoms with Crippen LogP contribution in [0.4, 0.5) is 10.5 Å². The lowest BCUT2D eigenvalue weighted by molar-refractivity contribution is -0.253. The van der Waals surface area contributed by atoms with Crippen LogP contribution in [-0.4, -0.2) is 72.5 Å². The summed E-state index contributed by atoms with van der Waals surface area (Å²) in [6.07, 6.45) is 6.14. The normalized spacial score (nSPS) is 26.0. The van der Waals surface area contributed by atoms with Gasteiger partial charge in [-0.25, -0.2) is 4.79 Å². The van der Waals surface area contributed by atoms with E-state index in [1.54, 1.807) is 0 Å². The zero-order valence-corrected chi connectivity index (χ0v) is 22.7. The summed E-state index contributed by atoms with van der Waals surface area (Å²) in [5.74, 6) is 0. The molecule has 0 radical (unpaired) electrons. The van der Waals surface area contributed by atoms with Gasteiger partial charge in [0.15, 0.2) is 6.29 Å². The third kappa shape index (κ3) is 7.47. The number of ether oxygens (including phenoxy) is 3. The number of aliphatic hydroxyl groups excluding tert-OH is 1. The van der Waals surface area contributed by atoms with Gasteiger partial charge in [-0.1, -0.05) is 49.1 Å². The number of nitrogens with one attached hydrogen (secondary N) is 1. The van der Waals surface area contributed by atoms with E-state index in [1.807, 2.05) is 48.5 Å². The minimum absolute atomic E-state index is 0.000353. The highest BCUT2D eigenvalue weighted by molar-refractivity contribution is 5.84. The maximum absolute atomic E-state index is 12.1. The third-order valence-electron chi connectivity index (χ3n) is 7.96. The Morgan fingerprint density at radius 3 is 2.64 bits per heavy atom. The quantitative estimate of drug-likeness (QED) is 0.414. The lowest BCUT2D eigenvalue weighted by atomic mass is 9.99. The number of carbonyl (C=O) groups excluding carboxylic acids is 1. The number of hydrogen-bond acceptors (Lipinski definition) is 7. The summed E-state index contributed by atoms with van der Waals surface area (Å²) < 4.78 is 18.2. The van der Waals surface area contributed by atoms with Gasteiger partial charge in [0, 0.05) is 36.8 Å². The highest BCUT2D eigenvalue weighted by Crippen LogP contribution is 2.39. The fourth-order valence-corrected chi connectivity index (χ4v) is 5.95. The minimum Gasteiger partial charge on any atom is -0.445 e. The van der Waals surface area contributed by atoms with E-state index in [0.717, 1.165) is 42.7 Å². The predicted molar refractivity (Wildman–Crippen MR) is 150 cm³/mol. The summed E-state index contributed by atoms with van der Waals surface area (Å²) >= 11 is 0. The summed E-state index contributed by atoms with van der Waals surface area (Å²) in [4.78, 5) is 17.3. The Hall–Kier alpha value is -2.75. The van der Waals surface area contributed by atoms with Gasteiger partial charge in [-0.2, -0.15) is 0 Å². The molecule has 0 unspecified atom stereocenters. The van der Waals surface area contributed by atoms with Gasteiger partial charge in [0.1, 0.15) is 6.61 Å². The monoisotopic (exact) mass is 535 g/mol. The van der Waals surface area contributed by atoms with Crippen LogP contribution in [0.3, 0.4) is 0 Å². The van der Waals surface area contributed by atoms with Crippen molar-refractivity contribution in [3.05, 3.63) is 77.9 Å². The second-order valence-electron chi connectivity index (χ2n) is 10.8. The van der Waals surface area contributed by atoms with Gasteiger partial charge in [0.05, 0.1) is 18.8 Å². The first kappa shape index (κ1) is 27.8. The molecule has 4 atom stereocenters. The van der Waals surface area contributed by atoms with E-state index in [-0.39, 0.29) is 25.4 Å². The van der Waals surface area contributed by atoms with Gasteiger partial charge in [0.25, 0.3) is 0 Å². The second-order valence-corrected chi connectivity index (χ2v) is 10.8. The molecule has 3 aliphatic rings. The van der Waals surface area contributed by atoms with Crippen LogP contribution in [0.1, 0.15) is 61.2 Å². The largest absolute Gasteiger partial charge is 0.445 e. The van der Waals surface area contributed by atoms with Gasteiger partial charge in [-0.05, 0) is 68.6 Å². The van der Waals surface area contributed by atoms with E-state index in [2.05, 4.69) is 21.7 Å². The maximum atomic E-state index is 12.1. The van der Waals surface area contributed by atoms with E-state index >= 15 is 0 Å². The summed E-state index contributed by atoms with van der Waals surface area (Å²) in [5.41, 5.74) is 3.41. The number of amides is 1. The molecule has 0 aromatic heterocycles. The fourth-order valence-electron chi connectivity index (χ4n) is 5.95. The lowest BCUT2D eigenvalue weighted by Gasteiger charge is -2.39. The lowest BCUT2D eigenvalue weighted by Crippen LogP contribution is -2.45. The number of nitrogens with zero attached hydrogens (tertiary/aromatic N) is 2. The zero-order chi connectivity index (χ0) is 27.0. The van der Waals surface area contributed by atoms with Crippen LogP contribution in [0.2, 0.25) is 0 Å². The van der Waals surface area contributed by atoms with Crippen LogP contribution in [0, 0.1) is 0 Å². The van der Waals surface area contributed by atoms with Gasteiger partial charge >= 0.3 is 6.09 Å². The molecule has 2 aromatic carbocycles. The molecular weight excluding hydrogens is 494 g/mol. The minimum atomic E-state index is -0.572. The van der Waals surface area contributed by atoms with Crippen molar-refractivity contribution in [2.75, 3.05) is 44.6 Å². The Labute approximate surface area is 231 Å². The molecule has 0 aliphatic carbocycles. The number of carbonyl (C=O) groups is 1. The third-order valence-corrected chi connectivity index (χ3v) is 7.96. The van der Waals surface area contributed by atoms with Crippen LogP contribution in [0.15, 0.2) is 61.2 Å². The van der Waals surface area contributed by atoms with Crippen molar-refractivity contribution in [2.24, 2.45) is 0 Å². The molecule has 3 saturated heterocycles. The Bertz CT molecular complexity index is 1090. The van der Waals surface area contributed by atoms with Crippen LogP contribution in [-0.2, 0) is 20.8 Å². The molecule has 1 amide bonds. The maximum Gasteiger partial charge on any atom is 0.411 e. The highest BCUT2D eigenvalue weighted by Gasteiger charge is 2.36. The number of benzene rings is 2. The van der Waals surface area contributed by atoms with Crippen LogP contribution < -0.4 is 5.32 Å². The first-order valence-corrected chi connectivity index (χ1v) is 14.2. The molecule has 39 heavy (non-hydrogen) atoms. The standard InChI is InChI=1S/C31H41N3O5/c1-2-17-37-31(36)32-26-8-5-7-25(18-26)30-38-28(19-29(39-30)24-12-10-23(22-35)11-13-24)21-34-16-6-9-27(34)20-33-14-3-4-15-33/h2,5,7-8,10-13,18,27-30,35H,1,3-4,6,9,14-17,19-22H2,(H,32,36)/t27-,28+,29-,30-/m0/s1. The van der Waals surface area contributed by atoms with Crippen molar-refractivity contribution in [3.63, 3.8) is 0 Å². The second kappa shape index (κ2) is 13.5. The molecular formula is C31H41N3O5. The van der Waals surface area contributed by atoms with Gasteiger partial charge in [0.2, 0.25) is 0 Å². The van der Waals surface area contributed by atoms with Gasteiger partial charge in [-0.15, -0.1) is 0 Å². The Kier molecular flexibility index (Phi) is 9.66. The zero-order valence-electron chi connectivity index (χ0n) is 22.7. The van der Waals surface area contributed by atoms with Crippen molar-refractivity contribution in [1.82, 2.24) is 9.80 Å². The van der Waals surface area contributed by atoms with E-state index in [9.17, 15) is 9.90 Å². The van der Waals surface area contributed by atoms with E-state index in [0.29, 0.717) is 11.7 Å². The fraction of sp³-hybridized carbons (Fsp3) is 0.516. The predicted octanol–water partition coefficient (Wildman–Crippen LogP) is 5.02. The molecule has 0 bridgehead atoms. The number of anilines is 1. The molecule has 8 nitrogen and oxygen atoms in total. The topological polar surface area (TPSA) is 83.5 Å². The van der Waals surface area contributed by atoms with Crippen molar-refractivity contribution < 1.29 is 24.1 Å². The van der Waals surface area contributed by atoms with Gasteiger partial charge in [-0.3, -0.25) is 10.2 Å². The molecule has 3 fully saturated rings. The van der Waals surface area contributed by atoms with Crippen LogP contribution in [0.5, 0.6) is 0 Å². The average molecular weight is 536 g/mol. The number of rotatable bonds is 10. The van der Waals surface area contributed by atoms with Crippen molar-refractivity contribution in [2.45, 2.75) is 63.3 Å². The molecule has 3 aliphatic heterocycles. The highest BCUT2D eigenvalue weighted by atomic mass is 16.7. The summed E-state index contributed by atoms with van der Waals surface area (Å²) in [7, 11) is 0. The first-order valence-electron chi connectivity index (χ1n) is 14.2. The average Bonchev–Trinajstić information content (AvgIpc) is 3.64. The Morgan fingerprint density at radius 2 is 1.87 bits per heavy atom. The van der Waals surface area contributed by atoms with E-state index in [4.69, 9.17) is 14.2 Å². The summed E-state index contributed by atoms with van der Waals surface area (Å²) in [5, 5.41) is 12.3. The molecule has 2 aromatic rings. The van der Waals surface area contributed by atoms with Crippen molar-refractivity contribution in [1.29, 1.82) is 0 Å². The molecule has 0 spiro atoms. The van der Waals surface area contributed by atoms with Crippen LogP contribution >= 0.6 is 0 Å². The molecule has 0 saturated carbocycles. The molecule has 2 N–H and O–H groups in total. The SMILES string of the molecule is C=CCOC(=O)Nc1cccc([C@H]2O[C@@H](CN3CCC[C@H]3CN3CCCC3)C[C@@H](c3ccc(CO)cc3)O2)c1. The number of hydrogen-bond donors (Lipinski definition) is 2. The van der Waals surface area contributed by atoms with Crippen molar-refractivity contribution >= 4 is 11.8 Å². The number of aliphatic hydroxyl groups is 1. The molecule has 210 valence electrons. The smallest absolute Gasteiger partial charge is 0.411 e. The molecule has 8 heteroatoms. The van der Waals surface area contributed by atoms with Crippen molar-refractivity contribution in [3.8, 4) is 0 Å². The summed E-state index contributed by atoms with van der Waals surface area (Å²) in [6, 6.07) is 16.1. The summed E-state index contributed by atoms with van der Waals surface area (Å²) in [6.45, 7) is 9.30. The van der Waals surface area contributed by atoms with E-state index < -0.39 is 12.4 Å². The Balaban J connectivity index is 1.32. The Morgan fingerprint density at radius 1 is 1.05 bits per heavy atom. The van der Waals surface area contributed by atoms with Crippen LogP contribution in [0.25, 0.3) is 0 Å². The first-order chi connectivity index (χ1) is 19.1. The number of likely N-dealkylation sites (tertiary alicyclic amines) is 2. The van der Waals surface area contributed by atoms with E-state index in [1.165, 1.54) is 44.8 Å². The van der Waals surface area contributed by atoms with Gasteiger partial charge < -0.3 is 24.2 Å². The molecule has 5 rings (SSSR count).